The van der Waals surface area contributed by atoms with E-state index in [1.54, 1.807) is 31.3 Å². The summed E-state index contributed by atoms with van der Waals surface area (Å²) in [6, 6.07) is 15.8. The molecule has 0 aliphatic carbocycles. The summed E-state index contributed by atoms with van der Waals surface area (Å²) in [5.74, 6) is -3.42. The van der Waals surface area contributed by atoms with E-state index in [0.29, 0.717) is 11.3 Å². The molecule has 0 bridgehead atoms. The Bertz CT molecular complexity index is 1840. The van der Waals surface area contributed by atoms with Gasteiger partial charge in [-0.2, -0.15) is 0 Å². The molecule has 4 aromatic rings. The van der Waals surface area contributed by atoms with Gasteiger partial charge in [0, 0.05) is 0 Å². The molecule has 0 saturated carbocycles. The third-order valence-corrected chi connectivity index (χ3v) is 10.7. The van der Waals surface area contributed by atoms with Crippen molar-refractivity contribution < 1.29 is 32.2 Å². The molecule has 0 radical (unpaired) electrons. The molecule has 230 valence electrons. The number of fused-ring (bicyclic) bond motifs is 1. The predicted molar refractivity (Wildman–Crippen MR) is 168 cm³/mol. The van der Waals surface area contributed by atoms with Gasteiger partial charge in [0.25, 0.3) is 0 Å². The van der Waals surface area contributed by atoms with Crippen LogP contribution >= 0.6 is 0 Å². The van der Waals surface area contributed by atoms with Crippen LogP contribution in [0.25, 0.3) is 10.8 Å². The number of ether oxygens (including phenoxy) is 1. The summed E-state index contributed by atoms with van der Waals surface area (Å²) >= 11 is 1.39. The minimum absolute atomic E-state index is 0.00322. The van der Waals surface area contributed by atoms with E-state index in [1.807, 2.05) is 24.3 Å². The zero-order chi connectivity index (χ0) is 31.6. The molecule has 3 aromatic carbocycles. The zero-order valence-electron chi connectivity index (χ0n) is 24.2. The normalized spacial score (nSPS) is 17.4. The van der Waals surface area contributed by atoms with Gasteiger partial charge in [-0.25, -0.2) is 8.42 Å². The number of aliphatic carboxylic acids is 1. The second-order valence-corrected chi connectivity index (χ2v) is 13.9. The number of nitrogens with zero attached hydrogens (tertiary/aromatic N) is 2. The SMILES string of the molecule is CCOc1cc(C(Nc2ccc3c([AsH2])nccc3c2)C(=O)N2CCC(C(=O)O)C2c2ccccc2S(=O)(=O)CC)ccc1F. The molecule has 44 heavy (non-hydrogen) atoms. The number of rotatable bonds is 10. The molecule has 5 rings (SSSR count). The van der Waals surface area contributed by atoms with Crippen molar-refractivity contribution >= 4 is 59.5 Å². The van der Waals surface area contributed by atoms with Crippen molar-refractivity contribution in [1.82, 2.24) is 9.88 Å². The Balaban J connectivity index is 1.62. The van der Waals surface area contributed by atoms with Crippen LogP contribution in [0, 0.1) is 11.7 Å². The number of sulfone groups is 1. The van der Waals surface area contributed by atoms with E-state index >= 15 is 0 Å². The second-order valence-electron chi connectivity index (χ2n) is 10.5. The number of nitrogens with one attached hydrogen (secondary N) is 1. The molecule has 4 atom stereocenters. The minimum atomic E-state index is -3.74. The number of pyridine rings is 1. The van der Waals surface area contributed by atoms with Crippen molar-refractivity contribution in [3.05, 3.63) is 89.9 Å². The van der Waals surface area contributed by atoms with Crippen LogP contribution < -0.4 is 14.5 Å². The first-order valence-corrected chi connectivity index (χ1v) is 17.1. The van der Waals surface area contributed by atoms with Crippen molar-refractivity contribution in [3.63, 3.8) is 0 Å². The molecule has 1 amide bonds. The van der Waals surface area contributed by atoms with Crippen molar-refractivity contribution in [2.75, 3.05) is 24.2 Å². The van der Waals surface area contributed by atoms with E-state index in [4.69, 9.17) is 4.74 Å². The number of hydrogen-bond donors (Lipinski definition) is 2. The molecule has 9 nitrogen and oxygen atoms in total. The van der Waals surface area contributed by atoms with Gasteiger partial charge < -0.3 is 5.11 Å². The molecular formula is C32H33AsFN3O6S. The summed E-state index contributed by atoms with van der Waals surface area (Å²) in [4.78, 5) is 32.8. The fraction of sp³-hybridized carbons (Fsp3) is 0.281. The second kappa shape index (κ2) is 13.0. The average molecular weight is 682 g/mol. The zero-order valence-corrected chi connectivity index (χ0v) is 27.5. The molecule has 1 saturated heterocycles. The number of carboxylic acid groups (broad SMARTS) is 1. The van der Waals surface area contributed by atoms with Crippen molar-refractivity contribution in [2.45, 2.75) is 37.2 Å². The molecule has 1 aromatic heterocycles. The molecule has 1 aliphatic rings. The molecule has 12 heteroatoms. The van der Waals surface area contributed by atoms with Gasteiger partial charge in [0.15, 0.2) is 9.84 Å². The van der Waals surface area contributed by atoms with Crippen LogP contribution in [0.15, 0.2) is 77.8 Å². The van der Waals surface area contributed by atoms with E-state index in [2.05, 4.69) is 10.3 Å². The standard InChI is InChI=1S/C32H33AsFN3O6S/c1-3-43-26-18-20(9-12-25(26)34)28(36-21-10-11-22-19(17-21)13-15-35-30(22)33)31(38)37-16-14-24(32(39)40)29(37)23-7-5-6-8-27(23)44(41,42)4-2/h5-13,15,17-18,24,28-29,36H,3-4,14,16,33H2,1-2H3,(H,39,40). The summed E-state index contributed by atoms with van der Waals surface area (Å²) < 4.78 is 47.1. The number of carboxylic acids is 1. The van der Waals surface area contributed by atoms with Crippen LogP contribution in [0.5, 0.6) is 5.75 Å². The molecule has 2 heterocycles. The van der Waals surface area contributed by atoms with E-state index < -0.39 is 45.5 Å². The van der Waals surface area contributed by atoms with Crippen LogP contribution in [-0.4, -0.2) is 71.0 Å². The van der Waals surface area contributed by atoms with Gasteiger partial charge in [-0.1, -0.05) is 19.1 Å². The molecule has 0 spiro atoms. The van der Waals surface area contributed by atoms with Gasteiger partial charge in [0.2, 0.25) is 0 Å². The van der Waals surface area contributed by atoms with Crippen LogP contribution in [0.1, 0.15) is 43.5 Å². The third-order valence-electron chi connectivity index (χ3n) is 7.89. The maximum absolute atomic E-state index is 14.6. The molecule has 1 aliphatic heterocycles. The number of likely N-dealkylation sites (tertiary alicyclic amines) is 1. The first-order chi connectivity index (χ1) is 21.1. The molecule has 1 fully saturated rings. The van der Waals surface area contributed by atoms with E-state index in [0.717, 1.165) is 15.3 Å². The van der Waals surface area contributed by atoms with E-state index in [9.17, 15) is 27.5 Å². The first-order valence-electron chi connectivity index (χ1n) is 14.2. The van der Waals surface area contributed by atoms with E-state index in [-0.39, 0.29) is 41.5 Å². The van der Waals surface area contributed by atoms with Crippen molar-refractivity contribution in [2.24, 2.45) is 5.92 Å². The topological polar surface area (TPSA) is 126 Å². The predicted octanol–water partition coefficient (Wildman–Crippen LogP) is 3.65. The van der Waals surface area contributed by atoms with Crippen LogP contribution in [0.2, 0.25) is 0 Å². The Morgan fingerprint density at radius 2 is 1.91 bits per heavy atom. The number of carbonyl (C=O) groups excluding carboxylic acids is 1. The number of anilines is 1. The summed E-state index contributed by atoms with van der Waals surface area (Å²) in [6.07, 6.45) is 1.85. The van der Waals surface area contributed by atoms with Gasteiger partial charge in [0.1, 0.15) is 0 Å². The van der Waals surface area contributed by atoms with Crippen molar-refractivity contribution in [3.8, 4) is 5.75 Å². The summed E-state index contributed by atoms with van der Waals surface area (Å²) in [5, 5.41) is 15.3. The van der Waals surface area contributed by atoms with Gasteiger partial charge in [0.05, 0.1) is 5.75 Å². The Kier molecular flexibility index (Phi) is 9.27. The summed E-state index contributed by atoms with van der Waals surface area (Å²) in [7, 11) is -3.74. The van der Waals surface area contributed by atoms with Gasteiger partial charge in [-0.3, -0.25) is 4.79 Å². The average Bonchev–Trinajstić information content (AvgIpc) is 3.47. The number of aromatic nitrogens is 1. The monoisotopic (exact) mass is 681 g/mol. The van der Waals surface area contributed by atoms with Crippen LogP contribution in [0.3, 0.4) is 0 Å². The maximum atomic E-state index is 14.6. The van der Waals surface area contributed by atoms with Gasteiger partial charge in [-0.15, -0.1) is 0 Å². The van der Waals surface area contributed by atoms with E-state index in [1.165, 1.54) is 52.9 Å². The Labute approximate surface area is 263 Å². The Hall–Kier alpha value is -3.95. The molecule has 2 N–H and O–H groups in total. The Morgan fingerprint density at radius 1 is 1.14 bits per heavy atom. The fourth-order valence-electron chi connectivity index (χ4n) is 5.72. The first kappa shape index (κ1) is 31.5. The summed E-state index contributed by atoms with van der Waals surface area (Å²) in [6.45, 7) is 3.54. The Morgan fingerprint density at radius 3 is 2.64 bits per heavy atom. The molecule has 4 unspecified atom stereocenters. The van der Waals surface area contributed by atoms with Crippen LogP contribution in [0.4, 0.5) is 10.1 Å². The van der Waals surface area contributed by atoms with Gasteiger partial charge in [-0.05, 0) is 13.0 Å². The number of halogens is 1. The number of hydrogen-bond acceptors (Lipinski definition) is 7. The molecular weight excluding hydrogens is 648 g/mol. The number of carbonyl (C=O) groups is 2. The quantitative estimate of drug-likeness (QED) is 0.243. The van der Waals surface area contributed by atoms with Crippen molar-refractivity contribution in [1.29, 1.82) is 0 Å². The van der Waals surface area contributed by atoms with Gasteiger partial charge >= 0.3 is 199 Å². The fourth-order valence-corrected chi connectivity index (χ4v) is 7.60. The third kappa shape index (κ3) is 6.16. The number of amides is 1. The van der Waals surface area contributed by atoms with Crippen LogP contribution in [-0.2, 0) is 19.4 Å². The number of benzene rings is 3. The summed E-state index contributed by atoms with van der Waals surface area (Å²) in [5.41, 5.74) is 1.27.